The van der Waals surface area contributed by atoms with Crippen LogP contribution in [0.15, 0.2) is 28.4 Å². The first-order valence-electron chi connectivity index (χ1n) is 6.37. The van der Waals surface area contributed by atoms with Crippen molar-refractivity contribution in [3.63, 3.8) is 0 Å². The number of aromatic amines is 1. The largest absolute Gasteiger partial charge is 0.494 e. The second-order valence-electron chi connectivity index (χ2n) is 4.32. The van der Waals surface area contributed by atoms with E-state index in [9.17, 15) is 10.1 Å². The number of hydrogen-bond acceptors (Lipinski definition) is 6. The minimum absolute atomic E-state index is 0.150. The number of H-pyrrole nitrogens is 1. The van der Waals surface area contributed by atoms with Crippen LogP contribution in [-0.2, 0) is 0 Å². The van der Waals surface area contributed by atoms with Crippen molar-refractivity contribution in [3.05, 3.63) is 39.7 Å². The third kappa shape index (κ3) is 3.22. The standard InChI is InChI=1S/C13H15N5O3/c1-4-21-10-5-6-11(12(7-10)18(19)20)16-17-13-8(2)14-15-9(13)3/h5-7H,4H2,1-3H3,(H,14,15). The van der Waals surface area contributed by atoms with Gasteiger partial charge in [-0.3, -0.25) is 15.2 Å². The Morgan fingerprint density at radius 2 is 2.14 bits per heavy atom. The fraction of sp³-hybridized carbons (Fsp3) is 0.308. The minimum Gasteiger partial charge on any atom is -0.494 e. The molecule has 2 aromatic rings. The Balaban J connectivity index is 2.37. The smallest absolute Gasteiger partial charge is 0.300 e. The quantitative estimate of drug-likeness (QED) is 0.514. The molecular weight excluding hydrogens is 274 g/mol. The van der Waals surface area contributed by atoms with E-state index in [2.05, 4.69) is 20.4 Å². The lowest BCUT2D eigenvalue weighted by molar-refractivity contribution is -0.384. The van der Waals surface area contributed by atoms with Crippen molar-refractivity contribution in [1.29, 1.82) is 0 Å². The van der Waals surface area contributed by atoms with E-state index in [1.54, 1.807) is 19.9 Å². The maximum Gasteiger partial charge on any atom is 0.300 e. The molecule has 1 aromatic heterocycles. The molecule has 1 heterocycles. The molecule has 0 fully saturated rings. The maximum atomic E-state index is 11.1. The molecule has 0 unspecified atom stereocenters. The number of nitro benzene ring substituents is 1. The summed E-state index contributed by atoms with van der Waals surface area (Å²) in [5, 5.41) is 25.9. The highest BCUT2D eigenvalue weighted by atomic mass is 16.6. The molecule has 1 N–H and O–H groups in total. The zero-order valence-electron chi connectivity index (χ0n) is 12.0. The number of aryl methyl sites for hydroxylation is 2. The van der Waals surface area contributed by atoms with E-state index in [0.717, 1.165) is 5.69 Å². The van der Waals surface area contributed by atoms with Crippen LogP contribution in [0, 0.1) is 24.0 Å². The molecule has 1 aromatic carbocycles. The van der Waals surface area contributed by atoms with Gasteiger partial charge in [0.1, 0.15) is 11.4 Å². The van der Waals surface area contributed by atoms with Crippen LogP contribution >= 0.6 is 0 Å². The number of hydrogen-bond donors (Lipinski definition) is 1. The summed E-state index contributed by atoms with van der Waals surface area (Å²) in [5.41, 5.74) is 2.04. The molecule has 2 rings (SSSR count). The van der Waals surface area contributed by atoms with Gasteiger partial charge >= 0.3 is 0 Å². The summed E-state index contributed by atoms with van der Waals surface area (Å²) in [6.07, 6.45) is 0. The van der Waals surface area contributed by atoms with Crippen LogP contribution in [0.3, 0.4) is 0 Å². The van der Waals surface area contributed by atoms with Crippen molar-refractivity contribution in [2.75, 3.05) is 6.61 Å². The van der Waals surface area contributed by atoms with E-state index in [1.807, 2.05) is 6.92 Å². The van der Waals surface area contributed by atoms with Crippen LogP contribution in [0.2, 0.25) is 0 Å². The third-order valence-electron chi connectivity index (χ3n) is 2.80. The minimum atomic E-state index is -0.508. The van der Waals surface area contributed by atoms with Gasteiger partial charge in [-0.05, 0) is 32.9 Å². The van der Waals surface area contributed by atoms with Crippen molar-refractivity contribution in [2.45, 2.75) is 20.8 Å². The van der Waals surface area contributed by atoms with E-state index in [-0.39, 0.29) is 11.4 Å². The molecule has 0 amide bonds. The number of rotatable bonds is 5. The number of aromatic nitrogens is 2. The van der Waals surface area contributed by atoms with Gasteiger partial charge in [-0.25, -0.2) is 0 Å². The molecule has 0 radical (unpaired) electrons. The summed E-state index contributed by atoms with van der Waals surface area (Å²) in [4.78, 5) is 10.6. The summed E-state index contributed by atoms with van der Waals surface area (Å²) in [6, 6.07) is 4.48. The predicted molar refractivity (Wildman–Crippen MR) is 76.5 cm³/mol. The van der Waals surface area contributed by atoms with Crippen molar-refractivity contribution in [2.24, 2.45) is 10.2 Å². The molecule has 0 aliphatic carbocycles. The average Bonchev–Trinajstić information content (AvgIpc) is 2.77. The number of nitrogens with zero attached hydrogens (tertiary/aromatic N) is 4. The molecule has 0 bridgehead atoms. The van der Waals surface area contributed by atoms with Crippen molar-refractivity contribution < 1.29 is 9.66 Å². The van der Waals surface area contributed by atoms with Gasteiger partial charge in [-0.15, -0.1) is 10.2 Å². The number of azo groups is 1. The first-order chi connectivity index (χ1) is 10.0. The molecule has 0 saturated heterocycles. The van der Waals surface area contributed by atoms with Gasteiger partial charge < -0.3 is 4.74 Å². The van der Waals surface area contributed by atoms with Gasteiger partial charge in [0.25, 0.3) is 5.69 Å². The molecule has 21 heavy (non-hydrogen) atoms. The monoisotopic (exact) mass is 289 g/mol. The van der Waals surface area contributed by atoms with Crippen LogP contribution in [-0.4, -0.2) is 21.7 Å². The van der Waals surface area contributed by atoms with Gasteiger partial charge in [-0.2, -0.15) is 5.10 Å². The maximum absolute atomic E-state index is 11.1. The molecular formula is C13H15N5O3. The van der Waals surface area contributed by atoms with Gasteiger partial charge in [0.2, 0.25) is 0 Å². The second-order valence-corrected chi connectivity index (χ2v) is 4.32. The molecule has 8 heteroatoms. The number of benzene rings is 1. The van der Waals surface area contributed by atoms with E-state index < -0.39 is 4.92 Å². The molecule has 0 atom stereocenters. The van der Waals surface area contributed by atoms with Crippen LogP contribution in [0.25, 0.3) is 0 Å². The van der Waals surface area contributed by atoms with Crippen LogP contribution in [0.4, 0.5) is 17.1 Å². The molecule has 0 aliphatic rings. The Morgan fingerprint density at radius 1 is 1.38 bits per heavy atom. The van der Waals surface area contributed by atoms with Crippen LogP contribution < -0.4 is 4.74 Å². The lowest BCUT2D eigenvalue weighted by atomic mass is 10.2. The lowest BCUT2D eigenvalue weighted by Crippen LogP contribution is -1.94. The Hall–Kier alpha value is -2.77. The predicted octanol–water partition coefficient (Wildman–Crippen LogP) is 3.75. The number of nitrogens with one attached hydrogen (secondary N) is 1. The van der Waals surface area contributed by atoms with Gasteiger partial charge in [-0.1, -0.05) is 0 Å². The van der Waals surface area contributed by atoms with Crippen molar-refractivity contribution in [3.8, 4) is 5.75 Å². The SMILES string of the molecule is CCOc1ccc(N=Nc2c(C)n[nH]c2C)c([N+](=O)[O-])c1. The number of ether oxygens (including phenoxy) is 1. The Kier molecular flexibility index (Phi) is 4.27. The first-order valence-corrected chi connectivity index (χ1v) is 6.37. The highest BCUT2D eigenvalue weighted by Gasteiger charge is 2.15. The second kappa shape index (κ2) is 6.12. The fourth-order valence-electron chi connectivity index (χ4n) is 1.79. The molecule has 0 saturated carbocycles. The summed E-state index contributed by atoms with van der Waals surface area (Å²) in [6.45, 7) is 5.83. The summed E-state index contributed by atoms with van der Waals surface area (Å²) < 4.78 is 5.25. The Labute approximate surface area is 121 Å². The van der Waals surface area contributed by atoms with E-state index in [1.165, 1.54) is 12.1 Å². The average molecular weight is 289 g/mol. The summed E-state index contributed by atoms with van der Waals surface area (Å²) in [5.74, 6) is 0.429. The van der Waals surface area contributed by atoms with Gasteiger partial charge in [0.05, 0.1) is 29.0 Å². The Bertz CT molecular complexity index is 674. The van der Waals surface area contributed by atoms with E-state index in [4.69, 9.17) is 4.74 Å². The zero-order valence-corrected chi connectivity index (χ0v) is 12.0. The number of nitro groups is 1. The summed E-state index contributed by atoms with van der Waals surface area (Å²) in [7, 11) is 0. The zero-order chi connectivity index (χ0) is 15.4. The highest BCUT2D eigenvalue weighted by Crippen LogP contribution is 2.33. The fourth-order valence-corrected chi connectivity index (χ4v) is 1.79. The normalized spacial score (nSPS) is 11.0. The van der Waals surface area contributed by atoms with Crippen molar-refractivity contribution in [1.82, 2.24) is 10.2 Å². The first kappa shape index (κ1) is 14.6. The van der Waals surface area contributed by atoms with Gasteiger partial charge in [0.15, 0.2) is 5.69 Å². The van der Waals surface area contributed by atoms with Crippen LogP contribution in [0.5, 0.6) is 5.75 Å². The highest BCUT2D eigenvalue weighted by molar-refractivity contribution is 5.60. The molecule has 0 aliphatic heterocycles. The lowest BCUT2D eigenvalue weighted by Gasteiger charge is -2.03. The van der Waals surface area contributed by atoms with Crippen LogP contribution in [0.1, 0.15) is 18.3 Å². The van der Waals surface area contributed by atoms with E-state index >= 15 is 0 Å². The Morgan fingerprint density at radius 3 is 2.71 bits per heavy atom. The van der Waals surface area contributed by atoms with Crippen molar-refractivity contribution >= 4 is 17.1 Å². The molecule has 8 nitrogen and oxygen atoms in total. The topological polar surface area (TPSA) is 106 Å². The van der Waals surface area contributed by atoms with Gasteiger partial charge in [0, 0.05) is 0 Å². The third-order valence-corrected chi connectivity index (χ3v) is 2.80. The summed E-state index contributed by atoms with van der Waals surface area (Å²) >= 11 is 0. The molecule has 0 spiro atoms. The van der Waals surface area contributed by atoms with E-state index in [0.29, 0.717) is 23.7 Å². The molecule has 110 valence electrons.